The molecule has 1 aliphatic carbocycles. The zero-order chi connectivity index (χ0) is 27.2. The van der Waals surface area contributed by atoms with E-state index in [0.717, 1.165) is 47.4 Å². The minimum Gasteiger partial charge on any atom is -0.352 e. The summed E-state index contributed by atoms with van der Waals surface area (Å²) >= 11 is 0. The third-order valence-corrected chi connectivity index (χ3v) is 7.92. The van der Waals surface area contributed by atoms with E-state index in [4.69, 9.17) is 0 Å². The molecule has 0 aromatic heterocycles. The van der Waals surface area contributed by atoms with E-state index in [1.165, 1.54) is 17.9 Å². The third kappa shape index (κ3) is 7.64. The topological polar surface area (TPSA) is 104 Å². The number of amides is 2. The molecule has 0 unspecified atom stereocenters. The smallest absolute Gasteiger partial charge is 0.244 e. The van der Waals surface area contributed by atoms with Crippen molar-refractivity contribution >= 4 is 33.3 Å². The highest BCUT2D eigenvalue weighted by Gasteiger charge is 2.33. The van der Waals surface area contributed by atoms with E-state index in [9.17, 15) is 22.8 Å². The van der Waals surface area contributed by atoms with Crippen molar-refractivity contribution in [3.63, 3.8) is 0 Å². The molecule has 1 aliphatic rings. The first-order chi connectivity index (χ1) is 17.5. The van der Waals surface area contributed by atoms with Crippen molar-refractivity contribution in [2.75, 3.05) is 17.1 Å². The lowest BCUT2D eigenvalue weighted by molar-refractivity contribution is -0.140. The maximum Gasteiger partial charge on any atom is 0.244 e. The van der Waals surface area contributed by atoms with Crippen LogP contribution in [0.3, 0.4) is 0 Å². The van der Waals surface area contributed by atoms with Gasteiger partial charge in [0.05, 0.1) is 11.9 Å². The van der Waals surface area contributed by atoms with Gasteiger partial charge < -0.3 is 10.2 Å². The van der Waals surface area contributed by atoms with Crippen LogP contribution in [0.1, 0.15) is 67.4 Å². The van der Waals surface area contributed by atoms with Crippen LogP contribution in [-0.2, 0) is 26.2 Å². The SMILES string of the molecule is CC[C@@H](C(=O)NC1CCCC1)N(Cc1ccc(C)cc1)C(=O)CN(c1cccc(C(C)=O)c1)S(C)(=O)=O. The van der Waals surface area contributed by atoms with Crippen molar-refractivity contribution in [1.29, 1.82) is 0 Å². The lowest BCUT2D eigenvalue weighted by atomic mass is 10.1. The quantitative estimate of drug-likeness (QED) is 0.448. The standard InChI is InChI=1S/C28H37N3O5S/c1-5-26(28(34)29-24-10-6-7-11-24)30(18-22-15-13-20(2)14-16-22)27(33)19-31(37(4,35)36)25-12-8-9-23(17-25)21(3)32/h8-9,12-17,24,26H,5-7,10-11,18-19H2,1-4H3,(H,29,34)/t26-/m0/s1. The van der Waals surface area contributed by atoms with Gasteiger partial charge >= 0.3 is 0 Å². The van der Waals surface area contributed by atoms with E-state index in [0.29, 0.717) is 12.0 Å². The van der Waals surface area contributed by atoms with E-state index in [2.05, 4.69) is 5.32 Å². The molecule has 9 heteroatoms. The van der Waals surface area contributed by atoms with E-state index >= 15 is 0 Å². The summed E-state index contributed by atoms with van der Waals surface area (Å²) < 4.78 is 26.5. The number of ketones is 1. The number of hydrogen-bond donors (Lipinski definition) is 1. The molecule has 0 bridgehead atoms. The average molecular weight is 528 g/mol. The van der Waals surface area contributed by atoms with Crippen LogP contribution in [0.4, 0.5) is 5.69 Å². The Kier molecular flexibility index (Phi) is 9.48. The number of hydrogen-bond acceptors (Lipinski definition) is 5. The minimum absolute atomic E-state index is 0.0970. The Morgan fingerprint density at radius 3 is 2.27 bits per heavy atom. The van der Waals surface area contributed by atoms with Crippen LogP contribution in [0.5, 0.6) is 0 Å². The lowest BCUT2D eigenvalue weighted by Crippen LogP contribution is -2.53. The van der Waals surface area contributed by atoms with E-state index < -0.39 is 28.5 Å². The van der Waals surface area contributed by atoms with Gasteiger partial charge in [-0.25, -0.2) is 8.42 Å². The van der Waals surface area contributed by atoms with Crippen LogP contribution in [0.25, 0.3) is 0 Å². The largest absolute Gasteiger partial charge is 0.352 e. The molecule has 2 aromatic carbocycles. The van der Waals surface area contributed by atoms with Crippen molar-refractivity contribution in [3.05, 3.63) is 65.2 Å². The molecule has 200 valence electrons. The molecule has 37 heavy (non-hydrogen) atoms. The van der Waals surface area contributed by atoms with Crippen LogP contribution < -0.4 is 9.62 Å². The number of rotatable bonds is 11. The fourth-order valence-corrected chi connectivity index (χ4v) is 5.51. The van der Waals surface area contributed by atoms with Gasteiger partial charge in [0.25, 0.3) is 0 Å². The normalized spacial score (nSPS) is 14.7. The average Bonchev–Trinajstić information content (AvgIpc) is 3.35. The Bertz CT molecular complexity index is 1220. The molecule has 3 rings (SSSR count). The fraction of sp³-hybridized carbons (Fsp3) is 0.464. The number of carbonyl (C=O) groups is 3. The number of aryl methyl sites for hydroxylation is 1. The molecular formula is C28H37N3O5S. The van der Waals surface area contributed by atoms with Gasteiger partial charge in [0.2, 0.25) is 21.8 Å². The summed E-state index contributed by atoms with van der Waals surface area (Å²) in [5.41, 5.74) is 2.48. The first-order valence-corrected chi connectivity index (χ1v) is 14.6. The second-order valence-electron chi connectivity index (χ2n) is 9.80. The summed E-state index contributed by atoms with van der Waals surface area (Å²) in [5.74, 6) is -0.927. The number of benzene rings is 2. The third-order valence-electron chi connectivity index (χ3n) is 6.78. The molecule has 0 spiro atoms. The summed E-state index contributed by atoms with van der Waals surface area (Å²) in [4.78, 5) is 40.5. The molecule has 2 amide bonds. The second-order valence-corrected chi connectivity index (χ2v) is 11.7. The van der Waals surface area contributed by atoms with Crippen molar-refractivity contribution in [2.24, 2.45) is 0 Å². The Morgan fingerprint density at radius 2 is 1.70 bits per heavy atom. The summed E-state index contributed by atoms with van der Waals surface area (Å²) in [7, 11) is -3.86. The van der Waals surface area contributed by atoms with Gasteiger partial charge in [-0.3, -0.25) is 18.7 Å². The van der Waals surface area contributed by atoms with Gasteiger partial charge in [-0.15, -0.1) is 0 Å². The van der Waals surface area contributed by atoms with Crippen LogP contribution in [-0.4, -0.2) is 55.8 Å². The highest BCUT2D eigenvalue weighted by Crippen LogP contribution is 2.22. The van der Waals surface area contributed by atoms with Gasteiger partial charge in [0.15, 0.2) is 5.78 Å². The molecule has 0 aliphatic heterocycles. The summed E-state index contributed by atoms with van der Waals surface area (Å²) in [6.07, 6.45) is 5.38. The highest BCUT2D eigenvalue weighted by atomic mass is 32.2. The van der Waals surface area contributed by atoms with Crippen molar-refractivity contribution in [3.8, 4) is 0 Å². The molecule has 0 radical (unpaired) electrons. The molecule has 0 heterocycles. The molecule has 8 nitrogen and oxygen atoms in total. The predicted molar refractivity (Wildman–Crippen MR) is 145 cm³/mol. The molecular weight excluding hydrogens is 490 g/mol. The Balaban J connectivity index is 1.94. The monoisotopic (exact) mass is 527 g/mol. The predicted octanol–water partition coefficient (Wildman–Crippen LogP) is 3.83. The summed E-state index contributed by atoms with van der Waals surface area (Å²) in [6.45, 7) is 4.89. The second kappa shape index (κ2) is 12.4. The van der Waals surface area contributed by atoms with Gasteiger partial charge in [-0.05, 0) is 50.8 Å². The Hall–Kier alpha value is -3.20. The van der Waals surface area contributed by atoms with Crippen LogP contribution >= 0.6 is 0 Å². The number of carbonyl (C=O) groups excluding carboxylic acids is 3. The van der Waals surface area contributed by atoms with Crippen LogP contribution in [0, 0.1) is 6.92 Å². The van der Waals surface area contributed by atoms with Gasteiger partial charge in [0.1, 0.15) is 12.6 Å². The molecule has 1 fully saturated rings. The number of Topliss-reactive ketones (excluding diaryl/α,β-unsaturated/α-hetero) is 1. The summed E-state index contributed by atoms with van der Waals surface area (Å²) in [5, 5.41) is 3.09. The number of nitrogens with zero attached hydrogens (tertiary/aromatic N) is 2. The first-order valence-electron chi connectivity index (χ1n) is 12.7. The van der Waals surface area contributed by atoms with Crippen molar-refractivity contribution < 1.29 is 22.8 Å². The maximum atomic E-state index is 13.8. The van der Waals surface area contributed by atoms with Crippen LogP contribution in [0.15, 0.2) is 48.5 Å². The molecule has 1 N–H and O–H groups in total. The number of nitrogens with one attached hydrogen (secondary N) is 1. The minimum atomic E-state index is -3.86. The number of sulfonamides is 1. The zero-order valence-corrected chi connectivity index (χ0v) is 22.9. The number of anilines is 1. The van der Waals surface area contributed by atoms with E-state index in [1.807, 2.05) is 38.1 Å². The lowest BCUT2D eigenvalue weighted by Gasteiger charge is -2.33. The van der Waals surface area contributed by atoms with Gasteiger partial charge in [0, 0.05) is 18.2 Å². The van der Waals surface area contributed by atoms with E-state index in [1.54, 1.807) is 18.2 Å². The van der Waals surface area contributed by atoms with Crippen molar-refractivity contribution in [1.82, 2.24) is 10.2 Å². The summed E-state index contributed by atoms with van der Waals surface area (Å²) in [6, 6.07) is 13.2. The Morgan fingerprint density at radius 1 is 1.05 bits per heavy atom. The van der Waals surface area contributed by atoms with Gasteiger partial charge in [-0.1, -0.05) is 61.7 Å². The zero-order valence-electron chi connectivity index (χ0n) is 22.1. The molecule has 1 atom stereocenters. The molecule has 1 saturated carbocycles. The first kappa shape index (κ1) is 28.4. The van der Waals surface area contributed by atoms with Gasteiger partial charge in [-0.2, -0.15) is 0 Å². The fourth-order valence-electron chi connectivity index (χ4n) is 4.67. The van der Waals surface area contributed by atoms with Crippen molar-refractivity contribution in [2.45, 2.75) is 71.5 Å². The Labute approximate surface area is 220 Å². The van der Waals surface area contributed by atoms with Crippen LogP contribution in [0.2, 0.25) is 0 Å². The molecule has 0 saturated heterocycles. The highest BCUT2D eigenvalue weighted by molar-refractivity contribution is 7.92. The molecule has 2 aromatic rings. The maximum absolute atomic E-state index is 13.8. The van der Waals surface area contributed by atoms with E-state index in [-0.39, 0.29) is 30.0 Å².